The third kappa shape index (κ3) is 2.50. The van der Waals surface area contributed by atoms with Crippen LogP contribution in [-0.4, -0.2) is 25.6 Å². The van der Waals surface area contributed by atoms with E-state index in [-0.39, 0.29) is 0 Å². The largest absolute Gasteiger partial charge is 0.357 e. The van der Waals surface area contributed by atoms with Crippen LogP contribution in [0.2, 0.25) is 0 Å². The molecule has 0 bridgehead atoms. The number of hydrogen-bond acceptors (Lipinski definition) is 8. The van der Waals surface area contributed by atoms with Gasteiger partial charge in [-0.05, 0) is 43.1 Å². The number of hydrogen-bond donors (Lipinski definition) is 1. The summed E-state index contributed by atoms with van der Waals surface area (Å²) < 4.78 is 5.97. The highest BCUT2D eigenvalue weighted by Crippen LogP contribution is 2.34. The maximum atomic E-state index is 4.28. The van der Waals surface area contributed by atoms with Crippen LogP contribution in [0, 0.1) is 6.92 Å². The molecular weight excluding hydrogens is 262 g/mol. The average Bonchev–Trinajstić information content (AvgIpc) is 2.80. The molecule has 0 atom stereocenters. The molecule has 0 unspecified atom stereocenters. The van der Waals surface area contributed by atoms with Crippen molar-refractivity contribution in [1.29, 1.82) is 0 Å². The van der Waals surface area contributed by atoms with Crippen LogP contribution >= 0.6 is 34.6 Å². The Morgan fingerprint density at radius 3 is 2.88 bits per heavy atom. The van der Waals surface area contributed by atoms with Gasteiger partial charge in [0.05, 0.1) is 0 Å². The summed E-state index contributed by atoms with van der Waals surface area (Å²) in [6.07, 6.45) is 2.50. The van der Waals surface area contributed by atoms with Crippen molar-refractivity contribution < 1.29 is 0 Å². The summed E-state index contributed by atoms with van der Waals surface area (Å²) in [5.74, 6) is 0.813. The Labute approximate surface area is 105 Å². The van der Waals surface area contributed by atoms with Crippen LogP contribution in [0.5, 0.6) is 0 Å². The summed E-state index contributed by atoms with van der Waals surface area (Å²) in [6, 6.07) is 0.620. The number of anilines is 1. The minimum absolute atomic E-state index is 0.620. The van der Waals surface area contributed by atoms with Crippen molar-refractivity contribution in [3.05, 3.63) is 5.82 Å². The van der Waals surface area contributed by atoms with Gasteiger partial charge in [0.25, 0.3) is 0 Å². The van der Waals surface area contributed by atoms with Gasteiger partial charge in [-0.1, -0.05) is 11.3 Å². The molecule has 1 aliphatic carbocycles. The second-order valence-corrected chi connectivity index (χ2v) is 6.73. The first-order chi connectivity index (χ1) is 7.79. The zero-order valence-electron chi connectivity index (χ0n) is 8.51. The SMILES string of the molecule is Cc1nsc(Sc2nnc(NC3CC3)s2)n1. The lowest BCUT2D eigenvalue weighted by Gasteiger charge is -1.93. The molecule has 0 aliphatic heterocycles. The van der Waals surface area contributed by atoms with Crippen LogP contribution in [0.15, 0.2) is 8.68 Å². The number of rotatable bonds is 4. The van der Waals surface area contributed by atoms with Crippen LogP contribution in [-0.2, 0) is 0 Å². The molecule has 2 aromatic rings. The molecule has 0 spiro atoms. The van der Waals surface area contributed by atoms with Crippen molar-refractivity contribution in [3.63, 3.8) is 0 Å². The molecule has 2 aromatic heterocycles. The highest BCUT2D eigenvalue weighted by Gasteiger charge is 2.22. The monoisotopic (exact) mass is 271 g/mol. The molecule has 1 N–H and O–H groups in total. The van der Waals surface area contributed by atoms with Crippen LogP contribution in [0.1, 0.15) is 18.7 Å². The Balaban J connectivity index is 1.67. The molecule has 0 radical (unpaired) electrons. The molecule has 3 rings (SSSR count). The lowest BCUT2D eigenvalue weighted by Crippen LogP contribution is -1.99. The molecular formula is C8H9N5S3. The van der Waals surface area contributed by atoms with Crippen molar-refractivity contribution in [1.82, 2.24) is 19.6 Å². The Morgan fingerprint density at radius 1 is 1.31 bits per heavy atom. The normalized spacial score (nSPS) is 15.3. The Hall–Kier alpha value is -0.730. The summed E-state index contributed by atoms with van der Waals surface area (Å²) in [7, 11) is 0. The van der Waals surface area contributed by atoms with E-state index in [0.29, 0.717) is 6.04 Å². The molecule has 84 valence electrons. The topological polar surface area (TPSA) is 63.6 Å². The molecule has 0 saturated heterocycles. The van der Waals surface area contributed by atoms with Gasteiger partial charge in [0.15, 0.2) is 8.68 Å². The smallest absolute Gasteiger partial charge is 0.206 e. The fraction of sp³-hybridized carbons (Fsp3) is 0.500. The number of nitrogens with zero attached hydrogens (tertiary/aromatic N) is 4. The van der Waals surface area contributed by atoms with Crippen LogP contribution in [0.4, 0.5) is 5.13 Å². The van der Waals surface area contributed by atoms with Gasteiger partial charge in [0.2, 0.25) is 5.13 Å². The van der Waals surface area contributed by atoms with Crippen molar-refractivity contribution in [2.24, 2.45) is 0 Å². The molecule has 0 aromatic carbocycles. The quantitative estimate of drug-likeness (QED) is 0.921. The molecule has 2 heterocycles. The molecule has 1 fully saturated rings. The first-order valence-electron chi connectivity index (χ1n) is 4.88. The maximum Gasteiger partial charge on any atom is 0.206 e. The van der Waals surface area contributed by atoms with E-state index in [1.54, 1.807) is 11.3 Å². The van der Waals surface area contributed by atoms with Crippen LogP contribution in [0.25, 0.3) is 0 Å². The lowest BCUT2D eigenvalue weighted by atomic mass is 10.7. The lowest BCUT2D eigenvalue weighted by molar-refractivity contribution is 0.993. The highest BCUT2D eigenvalue weighted by atomic mass is 32.2. The molecule has 1 aliphatic rings. The minimum Gasteiger partial charge on any atom is -0.357 e. The van der Waals surface area contributed by atoms with Gasteiger partial charge >= 0.3 is 0 Å². The van der Waals surface area contributed by atoms with E-state index >= 15 is 0 Å². The summed E-state index contributed by atoms with van der Waals surface area (Å²) in [5.41, 5.74) is 0. The van der Waals surface area contributed by atoms with Gasteiger partial charge in [-0.15, -0.1) is 10.2 Å². The van der Waals surface area contributed by atoms with E-state index in [4.69, 9.17) is 0 Å². The molecule has 16 heavy (non-hydrogen) atoms. The zero-order chi connectivity index (χ0) is 11.0. The third-order valence-electron chi connectivity index (χ3n) is 1.99. The van der Waals surface area contributed by atoms with Gasteiger partial charge in [-0.2, -0.15) is 4.37 Å². The molecule has 0 amide bonds. The second-order valence-electron chi connectivity index (χ2n) is 3.50. The summed E-state index contributed by atoms with van der Waals surface area (Å²) in [4.78, 5) is 4.28. The van der Waals surface area contributed by atoms with E-state index < -0.39 is 0 Å². The van der Waals surface area contributed by atoms with Crippen molar-refractivity contribution >= 4 is 39.8 Å². The fourth-order valence-corrected chi connectivity index (χ4v) is 3.79. The standard InChI is InChI=1S/C8H9N5S3/c1-4-9-7(16-13-4)15-8-12-11-6(14-8)10-5-2-3-5/h5H,2-3H2,1H3,(H,10,11). The molecule has 8 heteroatoms. The van der Waals surface area contributed by atoms with Gasteiger partial charge in [-0.25, -0.2) is 4.98 Å². The number of nitrogens with one attached hydrogen (secondary N) is 1. The fourth-order valence-electron chi connectivity index (χ4n) is 1.11. The van der Waals surface area contributed by atoms with Crippen LogP contribution < -0.4 is 5.32 Å². The van der Waals surface area contributed by atoms with Crippen molar-refractivity contribution in [3.8, 4) is 0 Å². The first-order valence-corrected chi connectivity index (χ1v) is 7.28. The highest BCUT2D eigenvalue weighted by molar-refractivity contribution is 8.02. The number of aromatic nitrogens is 4. The predicted octanol–water partition coefficient (Wildman–Crippen LogP) is 2.42. The summed E-state index contributed by atoms with van der Waals surface area (Å²) >= 11 is 4.50. The summed E-state index contributed by atoms with van der Waals surface area (Å²) in [5, 5.41) is 12.4. The van der Waals surface area contributed by atoms with E-state index in [1.165, 1.54) is 36.1 Å². The Bertz CT molecular complexity index is 489. The van der Waals surface area contributed by atoms with E-state index in [0.717, 1.165) is 19.6 Å². The zero-order valence-corrected chi connectivity index (χ0v) is 11.0. The van der Waals surface area contributed by atoms with Gasteiger partial charge in [-0.3, -0.25) is 0 Å². The molecule has 1 saturated carbocycles. The maximum absolute atomic E-state index is 4.28. The van der Waals surface area contributed by atoms with E-state index in [2.05, 4.69) is 24.9 Å². The number of aryl methyl sites for hydroxylation is 1. The van der Waals surface area contributed by atoms with E-state index in [9.17, 15) is 0 Å². The summed E-state index contributed by atoms with van der Waals surface area (Å²) in [6.45, 7) is 1.89. The van der Waals surface area contributed by atoms with Crippen LogP contribution in [0.3, 0.4) is 0 Å². The molecule has 5 nitrogen and oxygen atoms in total. The first kappa shape index (κ1) is 10.4. The predicted molar refractivity (Wildman–Crippen MR) is 65.3 cm³/mol. The average molecular weight is 271 g/mol. The Morgan fingerprint density at radius 2 is 2.19 bits per heavy atom. The van der Waals surface area contributed by atoms with E-state index in [1.807, 2.05) is 6.92 Å². The minimum atomic E-state index is 0.620. The Kier molecular flexibility index (Phi) is 2.78. The second kappa shape index (κ2) is 4.27. The van der Waals surface area contributed by atoms with Crippen molar-refractivity contribution in [2.75, 3.05) is 5.32 Å². The van der Waals surface area contributed by atoms with Gasteiger partial charge in [0, 0.05) is 6.04 Å². The van der Waals surface area contributed by atoms with Gasteiger partial charge < -0.3 is 5.32 Å². The third-order valence-corrected chi connectivity index (χ3v) is 4.74. The van der Waals surface area contributed by atoms with Gasteiger partial charge in [0.1, 0.15) is 5.82 Å². The van der Waals surface area contributed by atoms with Crippen molar-refractivity contribution in [2.45, 2.75) is 34.5 Å².